The molecule has 1 atom stereocenters. The Morgan fingerprint density at radius 3 is 2.38 bits per heavy atom. The Balaban J connectivity index is 1.68. The van der Waals surface area contributed by atoms with Gasteiger partial charge in [0.2, 0.25) is 18.2 Å². The van der Waals surface area contributed by atoms with Gasteiger partial charge in [0, 0.05) is 37.3 Å². The van der Waals surface area contributed by atoms with E-state index < -0.39 is 23.8 Å². The Morgan fingerprint density at radius 1 is 1.08 bits per heavy atom. The number of carbonyl (C=O) groups is 5. The van der Waals surface area contributed by atoms with Gasteiger partial charge < -0.3 is 30.0 Å². The third-order valence-electron chi connectivity index (χ3n) is 5.79. The molecular formula is C26H38N4O9. The number of nitrogens with one attached hydrogen (secondary N) is 2. The predicted molar refractivity (Wildman–Crippen MR) is 139 cm³/mol. The van der Waals surface area contributed by atoms with Crippen LogP contribution in [-0.2, 0) is 33.4 Å². The van der Waals surface area contributed by atoms with Crippen LogP contribution in [-0.4, -0.2) is 100 Å². The number of rotatable bonds is 19. The molecule has 0 aliphatic carbocycles. The Kier molecular flexibility index (Phi) is 14.7. The van der Waals surface area contributed by atoms with Crippen molar-refractivity contribution < 1.29 is 42.9 Å². The van der Waals surface area contributed by atoms with E-state index in [1.165, 1.54) is 6.07 Å². The number of hydrogen-bond acceptors (Lipinski definition) is 10. The first kappa shape index (κ1) is 31.8. The van der Waals surface area contributed by atoms with Gasteiger partial charge in [-0.2, -0.15) is 0 Å². The number of benzene rings is 1. The van der Waals surface area contributed by atoms with Crippen molar-refractivity contribution in [1.82, 2.24) is 15.5 Å². The maximum atomic E-state index is 13.0. The molecule has 1 fully saturated rings. The smallest absolute Gasteiger partial charge is 0.261 e. The van der Waals surface area contributed by atoms with Crippen LogP contribution in [0.3, 0.4) is 0 Å². The van der Waals surface area contributed by atoms with Gasteiger partial charge in [0.15, 0.2) is 6.61 Å². The van der Waals surface area contributed by atoms with E-state index >= 15 is 0 Å². The molecule has 1 unspecified atom stereocenters. The second-order valence-corrected chi connectivity index (χ2v) is 8.68. The summed E-state index contributed by atoms with van der Waals surface area (Å²) in [4.78, 5) is 61.1. The fourth-order valence-electron chi connectivity index (χ4n) is 3.68. The second-order valence-electron chi connectivity index (χ2n) is 8.68. The standard InChI is InChI=1S/C26H38N4O9/c1-19-20(26(35)30(18-31)21-7-8-23(32)29-25(21)34)5-2-6-22(19)39-17-24(33)28-10-4-12-37-14-16-38-15-13-36-11-3-9-27/h2,5-6,18,21H,3-4,7-17,27H2,1H3,(H,28,33)(H,29,32,34). The van der Waals surface area contributed by atoms with Crippen molar-refractivity contribution >= 4 is 30.0 Å². The Bertz CT molecular complexity index is 973. The normalized spacial score (nSPS) is 15.0. The molecule has 1 saturated heterocycles. The highest BCUT2D eigenvalue weighted by Crippen LogP contribution is 2.24. The highest BCUT2D eigenvalue weighted by atomic mass is 16.5. The fraction of sp³-hybridized carbons (Fsp3) is 0.577. The van der Waals surface area contributed by atoms with E-state index in [1.807, 2.05) is 0 Å². The van der Waals surface area contributed by atoms with Gasteiger partial charge in [-0.25, -0.2) is 0 Å². The molecule has 0 radical (unpaired) electrons. The van der Waals surface area contributed by atoms with Gasteiger partial charge in [-0.05, 0) is 44.9 Å². The molecule has 1 heterocycles. The minimum absolute atomic E-state index is 0.0257. The zero-order valence-corrected chi connectivity index (χ0v) is 22.3. The van der Waals surface area contributed by atoms with Crippen LogP contribution in [0.5, 0.6) is 5.75 Å². The van der Waals surface area contributed by atoms with Gasteiger partial charge in [0.05, 0.1) is 26.4 Å². The van der Waals surface area contributed by atoms with E-state index in [0.29, 0.717) is 70.5 Å². The minimum atomic E-state index is -1.08. The number of hydrogen-bond donors (Lipinski definition) is 3. The second kappa shape index (κ2) is 18.0. The Labute approximate surface area is 227 Å². The fourth-order valence-corrected chi connectivity index (χ4v) is 3.68. The number of piperidine rings is 1. The highest BCUT2D eigenvalue weighted by molar-refractivity contribution is 6.07. The van der Waals surface area contributed by atoms with Gasteiger partial charge in [0.25, 0.3) is 11.8 Å². The number of imide groups is 2. The van der Waals surface area contributed by atoms with E-state index in [0.717, 1.165) is 11.3 Å². The molecule has 0 aromatic heterocycles. The molecule has 2 rings (SSSR count). The molecule has 13 nitrogen and oxygen atoms in total. The van der Waals surface area contributed by atoms with E-state index in [-0.39, 0.29) is 37.3 Å². The first-order valence-corrected chi connectivity index (χ1v) is 12.9. The summed E-state index contributed by atoms with van der Waals surface area (Å²) in [5, 5.41) is 4.86. The van der Waals surface area contributed by atoms with Crippen LogP contribution >= 0.6 is 0 Å². The molecule has 1 aliphatic rings. The molecule has 1 aromatic carbocycles. The molecule has 5 amide bonds. The van der Waals surface area contributed by atoms with Crippen LogP contribution in [0.1, 0.15) is 41.6 Å². The summed E-state index contributed by atoms with van der Waals surface area (Å²) in [5.41, 5.74) is 5.93. The molecule has 0 bridgehead atoms. The van der Waals surface area contributed by atoms with Crippen molar-refractivity contribution in [3.8, 4) is 5.75 Å². The van der Waals surface area contributed by atoms with Gasteiger partial charge in [-0.1, -0.05) is 6.07 Å². The third kappa shape index (κ3) is 11.1. The SMILES string of the molecule is Cc1c(OCC(=O)NCCCOCCOCCOCCCN)cccc1C(=O)N(C=O)C1CCC(=O)NC1=O. The van der Waals surface area contributed by atoms with Crippen molar-refractivity contribution in [3.63, 3.8) is 0 Å². The third-order valence-corrected chi connectivity index (χ3v) is 5.79. The lowest BCUT2D eigenvalue weighted by Crippen LogP contribution is -2.53. The molecular weight excluding hydrogens is 512 g/mol. The topological polar surface area (TPSA) is 176 Å². The largest absolute Gasteiger partial charge is 0.483 e. The Hall–Kier alpha value is -3.39. The number of ether oxygens (including phenoxy) is 4. The van der Waals surface area contributed by atoms with Crippen LogP contribution in [0, 0.1) is 6.92 Å². The van der Waals surface area contributed by atoms with Crippen LogP contribution in [0.15, 0.2) is 18.2 Å². The maximum absolute atomic E-state index is 13.0. The maximum Gasteiger partial charge on any atom is 0.261 e. The summed E-state index contributed by atoms with van der Waals surface area (Å²) in [6.07, 6.45) is 1.79. The van der Waals surface area contributed by atoms with Crippen LogP contribution in [0.2, 0.25) is 0 Å². The minimum Gasteiger partial charge on any atom is -0.483 e. The lowest BCUT2D eigenvalue weighted by atomic mass is 10.0. The highest BCUT2D eigenvalue weighted by Gasteiger charge is 2.35. The zero-order chi connectivity index (χ0) is 28.5. The summed E-state index contributed by atoms with van der Waals surface area (Å²) in [6, 6.07) is 3.57. The summed E-state index contributed by atoms with van der Waals surface area (Å²) in [5.74, 6) is -1.91. The van der Waals surface area contributed by atoms with Gasteiger partial charge in [-0.15, -0.1) is 0 Å². The number of nitrogens with two attached hydrogens (primary N) is 1. The molecule has 0 spiro atoms. The number of nitrogens with zero attached hydrogens (tertiary/aromatic N) is 1. The molecule has 0 saturated carbocycles. The first-order chi connectivity index (χ1) is 18.9. The van der Waals surface area contributed by atoms with Crippen LogP contribution in [0.25, 0.3) is 0 Å². The van der Waals surface area contributed by atoms with Gasteiger partial charge in [-0.3, -0.25) is 34.2 Å². The van der Waals surface area contributed by atoms with Crippen LogP contribution < -0.4 is 21.1 Å². The van der Waals surface area contributed by atoms with Crippen molar-refractivity contribution in [3.05, 3.63) is 29.3 Å². The zero-order valence-electron chi connectivity index (χ0n) is 22.3. The van der Waals surface area contributed by atoms with Crippen LogP contribution in [0.4, 0.5) is 0 Å². The van der Waals surface area contributed by atoms with Crippen molar-refractivity contribution in [1.29, 1.82) is 0 Å². The van der Waals surface area contributed by atoms with E-state index in [9.17, 15) is 24.0 Å². The van der Waals surface area contributed by atoms with Crippen molar-refractivity contribution in [2.24, 2.45) is 5.73 Å². The average Bonchev–Trinajstić information content (AvgIpc) is 2.92. The monoisotopic (exact) mass is 550 g/mol. The molecule has 4 N–H and O–H groups in total. The number of carbonyl (C=O) groups excluding carboxylic acids is 5. The quantitative estimate of drug-likeness (QED) is 0.118. The molecule has 1 aromatic rings. The van der Waals surface area contributed by atoms with E-state index in [4.69, 9.17) is 24.7 Å². The van der Waals surface area contributed by atoms with Crippen molar-refractivity contribution in [2.45, 2.75) is 38.6 Å². The lowest BCUT2D eigenvalue weighted by Gasteiger charge is -2.28. The Morgan fingerprint density at radius 2 is 1.74 bits per heavy atom. The summed E-state index contributed by atoms with van der Waals surface area (Å²) >= 11 is 0. The van der Waals surface area contributed by atoms with E-state index in [2.05, 4.69) is 10.6 Å². The number of amides is 5. The summed E-state index contributed by atoms with van der Waals surface area (Å²) < 4.78 is 21.8. The van der Waals surface area contributed by atoms with Gasteiger partial charge in [0.1, 0.15) is 11.8 Å². The van der Waals surface area contributed by atoms with Crippen molar-refractivity contribution in [2.75, 3.05) is 59.3 Å². The lowest BCUT2D eigenvalue weighted by molar-refractivity contribution is -0.139. The van der Waals surface area contributed by atoms with E-state index in [1.54, 1.807) is 19.1 Å². The summed E-state index contributed by atoms with van der Waals surface area (Å²) in [6.45, 7) is 5.36. The predicted octanol–water partition coefficient (Wildman–Crippen LogP) is -0.317. The first-order valence-electron chi connectivity index (χ1n) is 12.9. The molecule has 39 heavy (non-hydrogen) atoms. The summed E-state index contributed by atoms with van der Waals surface area (Å²) in [7, 11) is 0. The molecule has 1 aliphatic heterocycles. The average molecular weight is 551 g/mol. The molecule has 13 heteroatoms. The molecule has 216 valence electrons. The van der Waals surface area contributed by atoms with Gasteiger partial charge >= 0.3 is 0 Å².